The number of benzene rings is 1. The molecule has 0 aliphatic rings. The van der Waals surface area contributed by atoms with Crippen molar-refractivity contribution in [3.05, 3.63) is 53.5 Å². The van der Waals surface area contributed by atoms with Crippen LogP contribution >= 0.6 is 0 Å². The van der Waals surface area contributed by atoms with Crippen molar-refractivity contribution in [2.75, 3.05) is 0 Å². The molecular weight excluding hydrogens is 234 g/mol. The zero-order valence-corrected chi connectivity index (χ0v) is 12.1. The second-order valence-electron chi connectivity index (χ2n) is 5.37. The van der Waals surface area contributed by atoms with Crippen LogP contribution < -0.4 is 0 Å². The van der Waals surface area contributed by atoms with Crippen LogP contribution in [0.2, 0.25) is 0 Å². The molecule has 0 atom stereocenters. The van der Waals surface area contributed by atoms with Crippen molar-refractivity contribution >= 4 is 11.9 Å². The average molecular weight is 255 g/mol. The lowest BCUT2D eigenvalue weighted by Gasteiger charge is -2.15. The molecule has 1 aromatic heterocycles. The van der Waals surface area contributed by atoms with Gasteiger partial charge in [0.25, 0.3) is 0 Å². The Labute approximate surface area is 115 Å². The van der Waals surface area contributed by atoms with Gasteiger partial charge in [0.05, 0.1) is 18.2 Å². The summed E-state index contributed by atoms with van der Waals surface area (Å²) < 4.78 is 5.31. The first-order chi connectivity index (χ1) is 9.09. The van der Waals surface area contributed by atoms with E-state index in [1.54, 1.807) is 12.5 Å². The maximum atomic E-state index is 5.31. The van der Waals surface area contributed by atoms with Gasteiger partial charge in [0.2, 0.25) is 0 Å². The predicted molar refractivity (Wildman–Crippen MR) is 80.6 cm³/mol. The van der Waals surface area contributed by atoms with Crippen molar-refractivity contribution < 1.29 is 4.42 Å². The van der Waals surface area contributed by atoms with Crippen LogP contribution in [0, 0.1) is 0 Å². The average Bonchev–Trinajstić information content (AvgIpc) is 2.88. The molecule has 2 nitrogen and oxygen atoms in total. The molecule has 0 unspecified atom stereocenters. The Morgan fingerprint density at radius 1 is 0.947 bits per heavy atom. The van der Waals surface area contributed by atoms with E-state index in [1.165, 1.54) is 11.1 Å². The lowest BCUT2D eigenvalue weighted by molar-refractivity contribution is 0.560. The Morgan fingerprint density at radius 3 is 2.05 bits per heavy atom. The summed E-state index contributed by atoms with van der Waals surface area (Å²) in [6, 6.07) is 10.2. The number of nitrogens with zero attached hydrogens (tertiary/aromatic N) is 1. The highest BCUT2D eigenvalue weighted by Crippen LogP contribution is 2.34. The molecule has 19 heavy (non-hydrogen) atoms. The third-order valence-corrected chi connectivity index (χ3v) is 3.21. The lowest BCUT2D eigenvalue weighted by Crippen LogP contribution is -1.95. The molecule has 0 saturated heterocycles. The van der Waals surface area contributed by atoms with Gasteiger partial charge in [-0.1, -0.05) is 45.9 Å². The Morgan fingerprint density at radius 2 is 1.58 bits per heavy atom. The summed E-state index contributed by atoms with van der Waals surface area (Å²) in [5.41, 5.74) is 3.66. The highest BCUT2D eigenvalue weighted by molar-refractivity contribution is 5.79. The van der Waals surface area contributed by atoms with Crippen molar-refractivity contribution in [2.24, 2.45) is 4.99 Å². The third kappa shape index (κ3) is 3.14. The van der Waals surface area contributed by atoms with Crippen LogP contribution in [0.25, 0.3) is 0 Å². The van der Waals surface area contributed by atoms with Gasteiger partial charge in [-0.2, -0.15) is 0 Å². The molecule has 0 aliphatic carbocycles. The van der Waals surface area contributed by atoms with Gasteiger partial charge in [0, 0.05) is 0 Å². The smallest absolute Gasteiger partial charge is 0.144 e. The summed E-state index contributed by atoms with van der Waals surface area (Å²) in [5, 5.41) is 0. The fourth-order valence-corrected chi connectivity index (χ4v) is 2.15. The summed E-state index contributed by atoms with van der Waals surface area (Å²) in [6.45, 7) is 8.80. The van der Waals surface area contributed by atoms with Crippen molar-refractivity contribution in [3.63, 3.8) is 0 Å². The minimum absolute atomic E-state index is 0.461. The maximum absolute atomic E-state index is 5.31. The van der Waals surface area contributed by atoms with E-state index in [9.17, 15) is 0 Å². The van der Waals surface area contributed by atoms with Crippen LogP contribution in [0.4, 0.5) is 5.69 Å². The van der Waals surface area contributed by atoms with Gasteiger partial charge < -0.3 is 4.42 Å². The molecule has 0 saturated carbocycles. The number of rotatable bonds is 4. The molecule has 0 aliphatic heterocycles. The molecule has 0 amide bonds. The fraction of sp³-hybridized carbons (Fsp3) is 0.353. The van der Waals surface area contributed by atoms with E-state index in [2.05, 4.69) is 50.9 Å². The van der Waals surface area contributed by atoms with E-state index in [0.29, 0.717) is 11.8 Å². The van der Waals surface area contributed by atoms with Crippen LogP contribution in [0.15, 0.2) is 46.0 Å². The Bertz CT molecular complexity index is 524. The largest absolute Gasteiger partial charge is 0.463 e. The zero-order chi connectivity index (χ0) is 13.8. The summed E-state index contributed by atoms with van der Waals surface area (Å²) >= 11 is 0. The van der Waals surface area contributed by atoms with Crippen molar-refractivity contribution in [2.45, 2.75) is 39.5 Å². The summed E-state index contributed by atoms with van der Waals surface area (Å²) in [7, 11) is 0. The molecule has 0 radical (unpaired) electrons. The highest BCUT2D eigenvalue weighted by Gasteiger charge is 2.12. The van der Waals surface area contributed by atoms with Gasteiger partial charge in [-0.15, -0.1) is 0 Å². The number of hydrogen-bond donors (Lipinski definition) is 0. The van der Waals surface area contributed by atoms with Crippen LogP contribution in [-0.4, -0.2) is 6.21 Å². The van der Waals surface area contributed by atoms with Crippen LogP contribution in [0.5, 0.6) is 0 Å². The van der Waals surface area contributed by atoms with E-state index in [0.717, 1.165) is 11.4 Å². The first-order valence-corrected chi connectivity index (χ1v) is 6.80. The van der Waals surface area contributed by atoms with Gasteiger partial charge in [-0.3, -0.25) is 4.99 Å². The quantitative estimate of drug-likeness (QED) is 0.683. The normalized spacial score (nSPS) is 11.9. The Hall–Kier alpha value is -1.83. The minimum atomic E-state index is 0.461. The van der Waals surface area contributed by atoms with Gasteiger partial charge >= 0.3 is 0 Å². The molecule has 0 N–H and O–H groups in total. The van der Waals surface area contributed by atoms with E-state index in [4.69, 9.17) is 4.42 Å². The van der Waals surface area contributed by atoms with E-state index < -0.39 is 0 Å². The van der Waals surface area contributed by atoms with Crippen LogP contribution in [0.3, 0.4) is 0 Å². The standard InChI is InChI=1S/C17H21NO/c1-12(2)15-8-5-9-16(13(3)4)17(15)18-11-14-7-6-10-19-14/h5-13H,1-4H3. The molecule has 2 heteroatoms. The number of para-hydroxylation sites is 1. The first-order valence-electron chi connectivity index (χ1n) is 6.80. The Kier molecular flexibility index (Phi) is 4.20. The maximum Gasteiger partial charge on any atom is 0.144 e. The van der Waals surface area contributed by atoms with Crippen molar-refractivity contribution in [1.82, 2.24) is 0 Å². The van der Waals surface area contributed by atoms with Crippen LogP contribution in [-0.2, 0) is 0 Å². The van der Waals surface area contributed by atoms with E-state index in [-0.39, 0.29) is 0 Å². The Balaban J connectivity index is 2.46. The molecule has 0 fully saturated rings. The topological polar surface area (TPSA) is 25.5 Å². The lowest BCUT2D eigenvalue weighted by atomic mass is 9.93. The van der Waals surface area contributed by atoms with Crippen molar-refractivity contribution in [3.8, 4) is 0 Å². The molecule has 2 rings (SSSR count). The van der Waals surface area contributed by atoms with Gasteiger partial charge in [-0.25, -0.2) is 0 Å². The number of hydrogen-bond acceptors (Lipinski definition) is 2. The highest BCUT2D eigenvalue weighted by atomic mass is 16.3. The number of furan rings is 1. The molecule has 1 aromatic carbocycles. The summed E-state index contributed by atoms with van der Waals surface area (Å²) in [5.74, 6) is 1.71. The first kappa shape index (κ1) is 13.6. The molecule has 0 spiro atoms. The van der Waals surface area contributed by atoms with Crippen LogP contribution in [0.1, 0.15) is 56.4 Å². The van der Waals surface area contributed by atoms with Gasteiger partial charge in [0.15, 0.2) is 0 Å². The second kappa shape index (κ2) is 5.87. The minimum Gasteiger partial charge on any atom is -0.463 e. The molecule has 0 bridgehead atoms. The third-order valence-electron chi connectivity index (χ3n) is 3.21. The molecule has 2 aromatic rings. The monoisotopic (exact) mass is 255 g/mol. The zero-order valence-electron chi connectivity index (χ0n) is 12.1. The SMILES string of the molecule is CC(C)c1cccc(C(C)C)c1N=Cc1ccco1. The van der Waals surface area contributed by atoms with E-state index in [1.807, 2.05) is 12.1 Å². The van der Waals surface area contributed by atoms with Gasteiger partial charge in [-0.05, 0) is 35.1 Å². The number of aliphatic imine (C=N–C) groups is 1. The van der Waals surface area contributed by atoms with Crippen molar-refractivity contribution in [1.29, 1.82) is 0 Å². The van der Waals surface area contributed by atoms with E-state index >= 15 is 0 Å². The predicted octanol–water partition coefficient (Wildman–Crippen LogP) is 5.28. The molecular formula is C17H21NO. The molecule has 1 heterocycles. The molecule has 100 valence electrons. The summed E-state index contributed by atoms with van der Waals surface area (Å²) in [4.78, 5) is 4.67. The summed E-state index contributed by atoms with van der Waals surface area (Å²) in [6.07, 6.45) is 3.46. The fourth-order valence-electron chi connectivity index (χ4n) is 2.15. The van der Waals surface area contributed by atoms with Gasteiger partial charge in [0.1, 0.15) is 5.76 Å². The second-order valence-corrected chi connectivity index (χ2v) is 5.37.